The molecule has 1 aliphatic heterocycles. The molecule has 2 aromatic carbocycles. The Hall–Kier alpha value is -3.71. The minimum absolute atomic E-state index is 0.0716. The number of rotatable bonds is 4. The van der Waals surface area contributed by atoms with E-state index in [0.29, 0.717) is 22.7 Å². The van der Waals surface area contributed by atoms with E-state index in [2.05, 4.69) is 5.10 Å². The SMILES string of the molecule is CC1=NN(c2ccccc2)C(=O)/C1=C/c1cc(C)n(-c2ccc([N+](=O)[O-])c(Cl)c2)c1C. The largest absolute Gasteiger partial charge is 0.318 e. The number of nitro benzene ring substituents is 1. The van der Waals surface area contributed by atoms with Gasteiger partial charge >= 0.3 is 0 Å². The first-order valence-corrected chi connectivity index (χ1v) is 9.95. The van der Waals surface area contributed by atoms with Gasteiger partial charge in [0.25, 0.3) is 11.6 Å². The number of carbonyl (C=O) groups excluding carboxylic acids is 1. The molecule has 0 N–H and O–H groups in total. The first-order chi connectivity index (χ1) is 14.8. The summed E-state index contributed by atoms with van der Waals surface area (Å²) in [6, 6.07) is 15.9. The van der Waals surface area contributed by atoms with E-state index in [-0.39, 0.29) is 16.6 Å². The molecule has 1 amide bonds. The van der Waals surface area contributed by atoms with Gasteiger partial charge in [-0.15, -0.1) is 0 Å². The van der Waals surface area contributed by atoms with E-state index < -0.39 is 4.92 Å². The summed E-state index contributed by atoms with van der Waals surface area (Å²) in [7, 11) is 0. The van der Waals surface area contributed by atoms with Crippen LogP contribution >= 0.6 is 11.6 Å². The predicted molar refractivity (Wildman–Crippen MR) is 122 cm³/mol. The Balaban J connectivity index is 1.72. The van der Waals surface area contributed by atoms with Gasteiger partial charge in [0.15, 0.2) is 0 Å². The van der Waals surface area contributed by atoms with Crippen molar-refractivity contribution in [2.45, 2.75) is 20.8 Å². The molecule has 1 aliphatic rings. The van der Waals surface area contributed by atoms with Gasteiger partial charge in [-0.05, 0) is 62.7 Å². The normalized spacial score (nSPS) is 15.0. The van der Waals surface area contributed by atoms with Crippen molar-refractivity contribution in [3.8, 4) is 5.69 Å². The van der Waals surface area contributed by atoms with Gasteiger partial charge < -0.3 is 4.57 Å². The first kappa shape index (κ1) is 20.6. The van der Waals surface area contributed by atoms with Gasteiger partial charge in [-0.1, -0.05) is 29.8 Å². The number of benzene rings is 2. The maximum absolute atomic E-state index is 13.0. The maximum atomic E-state index is 13.0. The summed E-state index contributed by atoms with van der Waals surface area (Å²) < 4.78 is 1.95. The molecule has 0 atom stereocenters. The van der Waals surface area contributed by atoms with Crippen LogP contribution in [0.1, 0.15) is 23.9 Å². The fraction of sp³-hybridized carbons (Fsp3) is 0.130. The molecule has 7 nitrogen and oxygen atoms in total. The molecule has 156 valence electrons. The molecule has 0 radical (unpaired) electrons. The number of para-hydroxylation sites is 1. The summed E-state index contributed by atoms with van der Waals surface area (Å²) in [5.74, 6) is -0.188. The third kappa shape index (κ3) is 3.64. The smallest absolute Gasteiger partial charge is 0.288 e. The number of amides is 1. The lowest BCUT2D eigenvalue weighted by Gasteiger charge is -2.11. The number of hydrogen-bond acceptors (Lipinski definition) is 4. The van der Waals surface area contributed by atoms with E-state index in [0.717, 1.165) is 17.0 Å². The third-order valence-corrected chi connectivity index (χ3v) is 5.52. The van der Waals surface area contributed by atoms with E-state index in [1.807, 2.05) is 67.8 Å². The number of aryl methyl sites for hydroxylation is 1. The molecular weight excluding hydrogens is 416 g/mol. The van der Waals surface area contributed by atoms with Gasteiger partial charge in [0.2, 0.25) is 0 Å². The highest BCUT2D eigenvalue weighted by atomic mass is 35.5. The molecule has 0 spiro atoms. The lowest BCUT2D eigenvalue weighted by Crippen LogP contribution is -2.21. The summed E-state index contributed by atoms with van der Waals surface area (Å²) in [5, 5.41) is 16.9. The minimum Gasteiger partial charge on any atom is -0.318 e. The van der Waals surface area contributed by atoms with E-state index in [4.69, 9.17) is 11.6 Å². The molecule has 3 aromatic rings. The lowest BCUT2D eigenvalue weighted by molar-refractivity contribution is -0.384. The van der Waals surface area contributed by atoms with Crippen molar-refractivity contribution in [3.05, 3.63) is 92.3 Å². The Morgan fingerprint density at radius 2 is 1.74 bits per heavy atom. The zero-order valence-corrected chi connectivity index (χ0v) is 17.9. The first-order valence-electron chi connectivity index (χ1n) is 9.58. The lowest BCUT2D eigenvalue weighted by atomic mass is 10.1. The van der Waals surface area contributed by atoms with Crippen molar-refractivity contribution in [3.63, 3.8) is 0 Å². The predicted octanol–water partition coefficient (Wildman–Crippen LogP) is 5.46. The van der Waals surface area contributed by atoms with Crippen LogP contribution < -0.4 is 5.01 Å². The van der Waals surface area contributed by atoms with Gasteiger partial charge in [-0.25, -0.2) is 0 Å². The Kier molecular flexibility index (Phi) is 5.20. The number of anilines is 1. The number of carbonyl (C=O) groups is 1. The van der Waals surface area contributed by atoms with E-state index in [9.17, 15) is 14.9 Å². The van der Waals surface area contributed by atoms with Crippen LogP contribution in [-0.2, 0) is 4.79 Å². The van der Waals surface area contributed by atoms with Crippen molar-refractivity contribution in [1.82, 2.24) is 4.57 Å². The molecule has 0 unspecified atom stereocenters. The van der Waals surface area contributed by atoms with Crippen LogP contribution in [0, 0.1) is 24.0 Å². The van der Waals surface area contributed by atoms with E-state index >= 15 is 0 Å². The van der Waals surface area contributed by atoms with Crippen molar-refractivity contribution >= 4 is 40.7 Å². The van der Waals surface area contributed by atoms with Crippen molar-refractivity contribution in [1.29, 1.82) is 0 Å². The highest BCUT2D eigenvalue weighted by Crippen LogP contribution is 2.31. The molecule has 0 fully saturated rings. The zero-order chi connectivity index (χ0) is 22.3. The molecule has 0 bridgehead atoms. The van der Waals surface area contributed by atoms with Crippen molar-refractivity contribution < 1.29 is 9.72 Å². The highest BCUT2D eigenvalue weighted by molar-refractivity contribution is 6.33. The van der Waals surface area contributed by atoms with Crippen LogP contribution in [0.3, 0.4) is 0 Å². The number of nitrogens with zero attached hydrogens (tertiary/aromatic N) is 4. The van der Waals surface area contributed by atoms with Crippen LogP contribution in [0.25, 0.3) is 11.8 Å². The Bertz CT molecular complexity index is 1280. The molecule has 2 heterocycles. The van der Waals surface area contributed by atoms with E-state index in [1.165, 1.54) is 11.1 Å². The van der Waals surface area contributed by atoms with Gasteiger partial charge in [0, 0.05) is 23.1 Å². The Morgan fingerprint density at radius 1 is 1.03 bits per heavy atom. The van der Waals surface area contributed by atoms with Gasteiger partial charge in [-0.3, -0.25) is 14.9 Å². The maximum Gasteiger partial charge on any atom is 0.288 e. The monoisotopic (exact) mass is 434 g/mol. The molecule has 8 heteroatoms. The average molecular weight is 435 g/mol. The number of nitro groups is 1. The quantitative estimate of drug-likeness (QED) is 0.310. The summed E-state index contributed by atoms with van der Waals surface area (Å²) in [6.07, 6.45) is 1.83. The molecule has 0 aliphatic carbocycles. The highest BCUT2D eigenvalue weighted by Gasteiger charge is 2.29. The summed E-state index contributed by atoms with van der Waals surface area (Å²) in [6.45, 7) is 5.66. The van der Waals surface area contributed by atoms with Gasteiger partial charge in [0.05, 0.1) is 21.9 Å². The molecule has 31 heavy (non-hydrogen) atoms. The van der Waals surface area contributed by atoms with Crippen LogP contribution in [0.5, 0.6) is 0 Å². The Labute approximate surface area is 184 Å². The molecular formula is C23H19ClN4O3. The van der Waals surface area contributed by atoms with Gasteiger partial charge in [0.1, 0.15) is 5.02 Å². The summed E-state index contributed by atoms with van der Waals surface area (Å²) in [4.78, 5) is 23.5. The summed E-state index contributed by atoms with van der Waals surface area (Å²) in [5.41, 5.74) is 5.09. The van der Waals surface area contributed by atoms with Crippen molar-refractivity contribution in [2.24, 2.45) is 5.10 Å². The topological polar surface area (TPSA) is 80.7 Å². The summed E-state index contributed by atoms with van der Waals surface area (Å²) >= 11 is 6.10. The molecule has 0 saturated heterocycles. The standard InChI is InChI=1S/C23H19ClN4O3/c1-14-11-17(16(3)26(14)19-9-10-22(28(30)31)21(24)13-19)12-20-15(2)25-27(23(20)29)18-7-5-4-6-8-18/h4-13H,1-3H3/b20-12+. The number of hydrazone groups is 1. The molecule has 0 saturated carbocycles. The fourth-order valence-corrected chi connectivity index (χ4v) is 3.94. The Morgan fingerprint density at radius 3 is 2.39 bits per heavy atom. The number of halogens is 1. The van der Waals surface area contributed by atoms with Crippen LogP contribution in [0.15, 0.2) is 65.3 Å². The van der Waals surface area contributed by atoms with Crippen LogP contribution in [0.4, 0.5) is 11.4 Å². The molecule has 1 aromatic heterocycles. The third-order valence-electron chi connectivity index (χ3n) is 5.22. The van der Waals surface area contributed by atoms with Gasteiger partial charge in [-0.2, -0.15) is 10.1 Å². The second-order valence-corrected chi connectivity index (χ2v) is 7.66. The second-order valence-electron chi connectivity index (χ2n) is 7.25. The second kappa shape index (κ2) is 7.85. The van der Waals surface area contributed by atoms with Crippen LogP contribution in [0.2, 0.25) is 5.02 Å². The fourth-order valence-electron chi connectivity index (χ4n) is 3.70. The number of hydrogen-bond donors (Lipinski definition) is 0. The molecule has 4 rings (SSSR count). The number of aromatic nitrogens is 1. The average Bonchev–Trinajstić information content (AvgIpc) is 3.18. The van der Waals surface area contributed by atoms with Crippen LogP contribution in [-0.4, -0.2) is 21.1 Å². The zero-order valence-electron chi connectivity index (χ0n) is 17.2. The van der Waals surface area contributed by atoms with Crippen molar-refractivity contribution in [2.75, 3.05) is 5.01 Å². The van der Waals surface area contributed by atoms with E-state index in [1.54, 1.807) is 12.1 Å². The minimum atomic E-state index is -0.510.